The minimum atomic E-state index is -0.526. The van der Waals surface area contributed by atoms with Crippen LogP contribution in [0.15, 0.2) is 0 Å². The molecule has 0 aliphatic carbocycles. The third kappa shape index (κ3) is 4.21. The monoisotopic (exact) mass is 169 g/mol. The molecule has 0 saturated carbocycles. The molecule has 0 aromatic carbocycles. The van der Waals surface area contributed by atoms with E-state index in [2.05, 4.69) is 33.0 Å². The summed E-state index contributed by atoms with van der Waals surface area (Å²) >= 11 is 0. The number of rotatable bonds is 4. The second kappa shape index (κ2) is 5.37. The molecule has 0 spiro atoms. The van der Waals surface area contributed by atoms with E-state index in [1.54, 1.807) is 0 Å². The van der Waals surface area contributed by atoms with E-state index < -0.39 is 8.80 Å². The van der Waals surface area contributed by atoms with E-state index in [1.165, 1.54) is 0 Å². The maximum Gasteiger partial charge on any atom is 0.0621 e. The lowest BCUT2D eigenvalue weighted by atomic mass is 10.1. The van der Waals surface area contributed by atoms with Gasteiger partial charge in [0.15, 0.2) is 0 Å². The highest BCUT2D eigenvalue weighted by Gasteiger charge is 2.17. The molecule has 1 unspecified atom stereocenters. The third-order valence-electron chi connectivity index (χ3n) is 2.30. The molecule has 0 N–H and O–H groups in total. The molecule has 0 fully saturated rings. The normalized spacial score (nSPS) is 13.5. The van der Waals surface area contributed by atoms with Gasteiger partial charge in [0.05, 0.1) is 6.07 Å². The lowest BCUT2D eigenvalue weighted by Crippen LogP contribution is -2.17. The maximum atomic E-state index is 8.44. The SMILES string of the molecule is CC(C)C(CCC#N)[SiH](C)C. The van der Waals surface area contributed by atoms with Crippen molar-refractivity contribution in [3.8, 4) is 6.07 Å². The summed E-state index contributed by atoms with van der Waals surface area (Å²) in [5.41, 5.74) is 0.856. The number of hydrogen-bond acceptors (Lipinski definition) is 1. The first-order chi connectivity index (χ1) is 5.09. The van der Waals surface area contributed by atoms with Crippen molar-refractivity contribution in [2.24, 2.45) is 5.92 Å². The zero-order valence-corrected chi connectivity index (χ0v) is 9.25. The topological polar surface area (TPSA) is 23.8 Å². The molecule has 0 aromatic heterocycles. The Kier molecular flexibility index (Phi) is 5.23. The fourth-order valence-electron chi connectivity index (χ4n) is 1.67. The standard InChI is InChI=1S/C9H19NSi/c1-8(2)9(11(3)4)6-5-7-10/h8-9,11H,5-6H2,1-4H3. The molecule has 0 aliphatic heterocycles. The lowest BCUT2D eigenvalue weighted by Gasteiger charge is -2.22. The van der Waals surface area contributed by atoms with Gasteiger partial charge in [0.25, 0.3) is 0 Å². The lowest BCUT2D eigenvalue weighted by molar-refractivity contribution is 0.550. The molecule has 0 bridgehead atoms. The molecule has 1 atom stereocenters. The van der Waals surface area contributed by atoms with Crippen LogP contribution in [0.2, 0.25) is 18.6 Å². The zero-order valence-electron chi connectivity index (χ0n) is 8.09. The van der Waals surface area contributed by atoms with Crippen LogP contribution in [0.5, 0.6) is 0 Å². The largest absolute Gasteiger partial charge is 0.198 e. The van der Waals surface area contributed by atoms with Gasteiger partial charge in [-0.05, 0) is 17.9 Å². The molecule has 0 aromatic rings. The Morgan fingerprint density at radius 3 is 2.18 bits per heavy atom. The maximum absolute atomic E-state index is 8.44. The van der Waals surface area contributed by atoms with Gasteiger partial charge in [0, 0.05) is 15.2 Å². The van der Waals surface area contributed by atoms with Crippen molar-refractivity contribution in [2.75, 3.05) is 0 Å². The van der Waals surface area contributed by atoms with E-state index in [0.717, 1.165) is 24.3 Å². The van der Waals surface area contributed by atoms with Crippen molar-refractivity contribution in [3.63, 3.8) is 0 Å². The summed E-state index contributed by atoms with van der Waals surface area (Å²) in [6.45, 7) is 9.30. The van der Waals surface area contributed by atoms with Gasteiger partial charge in [-0.2, -0.15) is 5.26 Å². The quantitative estimate of drug-likeness (QED) is 0.594. The van der Waals surface area contributed by atoms with Gasteiger partial charge in [-0.3, -0.25) is 0 Å². The molecule has 0 radical (unpaired) electrons. The van der Waals surface area contributed by atoms with E-state index in [9.17, 15) is 0 Å². The third-order valence-corrected chi connectivity index (χ3v) is 5.12. The van der Waals surface area contributed by atoms with E-state index in [0.29, 0.717) is 0 Å². The van der Waals surface area contributed by atoms with Crippen LogP contribution < -0.4 is 0 Å². The minimum absolute atomic E-state index is 0.526. The molecular weight excluding hydrogens is 150 g/mol. The smallest absolute Gasteiger partial charge is 0.0621 e. The summed E-state index contributed by atoms with van der Waals surface area (Å²) in [5.74, 6) is 0.773. The summed E-state index contributed by atoms with van der Waals surface area (Å²) in [6, 6.07) is 2.23. The predicted octanol–water partition coefficient (Wildman–Crippen LogP) is 2.80. The molecule has 11 heavy (non-hydrogen) atoms. The highest BCUT2D eigenvalue weighted by molar-refractivity contribution is 6.57. The van der Waals surface area contributed by atoms with Gasteiger partial charge >= 0.3 is 0 Å². The van der Waals surface area contributed by atoms with Crippen LogP contribution in [0.4, 0.5) is 0 Å². The Labute approximate surface area is 72.0 Å². The first kappa shape index (κ1) is 10.7. The van der Waals surface area contributed by atoms with Crippen molar-refractivity contribution >= 4 is 8.80 Å². The molecule has 0 amide bonds. The number of hydrogen-bond donors (Lipinski definition) is 0. The van der Waals surface area contributed by atoms with Crippen LogP contribution in [0.1, 0.15) is 26.7 Å². The molecule has 1 nitrogen and oxygen atoms in total. The van der Waals surface area contributed by atoms with Crippen LogP contribution in [0, 0.1) is 17.2 Å². The van der Waals surface area contributed by atoms with Crippen molar-refractivity contribution < 1.29 is 0 Å². The number of nitriles is 1. The van der Waals surface area contributed by atoms with Crippen molar-refractivity contribution in [3.05, 3.63) is 0 Å². The van der Waals surface area contributed by atoms with Gasteiger partial charge in [-0.25, -0.2) is 0 Å². The molecule has 0 rings (SSSR count). The average molecular weight is 169 g/mol. The van der Waals surface area contributed by atoms with E-state index in [4.69, 9.17) is 5.26 Å². The van der Waals surface area contributed by atoms with Crippen molar-refractivity contribution in [2.45, 2.75) is 45.3 Å². The summed E-state index contributed by atoms with van der Waals surface area (Å²) in [6.07, 6.45) is 1.87. The van der Waals surface area contributed by atoms with Crippen molar-refractivity contribution in [1.82, 2.24) is 0 Å². The first-order valence-corrected chi connectivity index (χ1v) is 7.44. The van der Waals surface area contributed by atoms with Crippen LogP contribution in [0.25, 0.3) is 0 Å². The minimum Gasteiger partial charge on any atom is -0.198 e. The molecular formula is C9H19NSi. The Morgan fingerprint density at radius 2 is 1.91 bits per heavy atom. The van der Waals surface area contributed by atoms with E-state index in [1.807, 2.05) is 0 Å². The number of nitrogens with zero attached hydrogens (tertiary/aromatic N) is 1. The molecule has 0 heterocycles. The van der Waals surface area contributed by atoms with Gasteiger partial charge in [0.1, 0.15) is 0 Å². The highest BCUT2D eigenvalue weighted by atomic mass is 28.3. The Morgan fingerprint density at radius 1 is 1.36 bits per heavy atom. The Balaban J connectivity index is 3.82. The fraction of sp³-hybridized carbons (Fsp3) is 0.889. The van der Waals surface area contributed by atoms with Crippen LogP contribution in [-0.2, 0) is 0 Å². The van der Waals surface area contributed by atoms with Gasteiger partial charge in [0.2, 0.25) is 0 Å². The highest BCUT2D eigenvalue weighted by Crippen LogP contribution is 2.26. The van der Waals surface area contributed by atoms with E-state index in [-0.39, 0.29) is 0 Å². The molecule has 0 aliphatic rings. The molecule has 0 saturated heterocycles. The summed E-state index contributed by atoms with van der Waals surface area (Å²) < 4.78 is 0. The summed E-state index contributed by atoms with van der Waals surface area (Å²) in [5, 5.41) is 8.44. The van der Waals surface area contributed by atoms with Crippen LogP contribution >= 0.6 is 0 Å². The Bertz CT molecular complexity index is 127. The van der Waals surface area contributed by atoms with E-state index >= 15 is 0 Å². The van der Waals surface area contributed by atoms with Crippen LogP contribution in [-0.4, -0.2) is 8.80 Å². The van der Waals surface area contributed by atoms with Crippen LogP contribution in [0.3, 0.4) is 0 Å². The van der Waals surface area contributed by atoms with Gasteiger partial charge in [-0.1, -0.05) is 26.9 Å². The predicted molar refractivity (Wildman–Crippen MR) is 52.3 cm³/mol. The van der Waals surface area contributed by atoms with Crippen molar-refractivity contribution in [1.29, 1.82) is 5.26 Å². The summed E-state index contributed by atoms with van der Waals surface area (Å²) in [7, 11) is -0.526. The molecule has 2 heteroatoms. The molecule has 64 valence electrons. The fourth-order valence-corrected chi connectivity index (χ4v) is 4.04. The van der Waals surface area contributed by atoms with Gasteiger partial charge in [-0.15, -0.1) is 0 Å². The first-order valence-electron chi connectivity index (χ1n) is 4.46. The zero-order chi connectivity index (χ0) is 8.85. The van der Waals surface area contributed by atoms with Gasteiger partial charge < -0.3 is 0 Å². The average Bonchev–Trinajstić information content (AvgIpc) is 1.87. The second-order valence-electron chi connectivity index (χ2n) is 3.85. The Hall–Kier alpha value is -0.293. The second-order valence-corrected chi connectivity index (χ2v) is 7.19. The summed E-state index contributed by atoms with van der Waals surface area (Å²) in [4.78, 5) is 0.